The molecule has 1 saturated carbocycles. The van der Waals surface area contributed by atoms with Gasteiger partial charge >= 0.3 is 0 Å². The number of nitrogen functional groups attached to an aromatic ring is 1. The molecule has 1 aliphatic heterocycles. The molecular weight excluding hydrogens is 429 g/mol. The van der Waals surface area contributed by atoms with Gasteiger partial charge in [0.2, 0.25) is 0 Å². The van der Waals surface area contributed by atoms with Crippen LogP contribution in [0.5, 0.6) is 0 Å². The molecule has 3 aromatic heterocycles. The van der Waals surface area contributed by atoms with Gasteiger partial charge in [0, 0.05) is 34.2 Å². The lowest BCUT2D eigenvalue weighted by Gasteiger charge is -2.24. The van der Waals surface area contributed by atoms with Gasteiger partial charge < -0.3 is 5.73 Å². The summed E-state index contributed by atoms with van der Waals surface area (Å²) in [6.07, 6.45) is 6.69. The number of pyridine rings is 1. The van der Waals surface area contributed by atoms with Crippen molar-refractivity contribution in [2.24, 2.45) is 0 Å². The first-order chi connectivity index (χ1) is 15.4. The Balaban J connectivity index is 1.52. The fourth-order valence-electron chi connectivity index (χ4n) is 4.76. The molecule has 2 fully saturated rings. The molecule has 32 heavy (non-hydrogen) atoms. The maximum atomic E-state index is 13.7. The summed E-state index contributed by atoms with van der Waals surface area (Å²) in [5.41, 5.74) is 11.4. The molecule has 9 heteroatoms. The number of aromatic nitrogens is 4. The zero-order valence-corrected chi connectivity index (χ0v) is 18.1. The molecule has 0 bridgehead atoms. The minimum atomic E-state index is -2.97. The molecule has 6 rings (SSSR count). The predicted octanol–water partition coefficient (Wildman–Crippen LogP) is 3.84. The number of rotatable bonds is 3. The van der Waals surface area contributed by atoms with Gasteiger partial charge in [0.05, 0.1) is 28.9 Å². The third kappa shape index (κ3) is 3.23. The number of hydrogen-bond acceptors (Lipinski definition) is 6. The Kier molecular flexibility index (Phi) is 4.27. The standard InChI is InChI=1S/C23H22FN5O2S/c24-17-3-4-19-15(10-17)9-16(11-26-19)18-12-27-29-22(25)20(13-1-2-13)21(28-23(18)29)14-5-7-32(30,31)8-6-14/h3-4,9-14H,1-2,5-8,25H2. The Morgan fingerprint density at radius 2 is 1.81 bits per heavy atom. The van der Waals surface area contributed by atoms with Gasteiger partial charge in [-0.2, -0.15) is 9.61 Å². The summed E-state index contributed by atoms with van der Waals surface area (Å²) in [6, 6.07) is 6.38. The molecule has 0 radical (unpaired) electrons. The first-order valence-corrected chi connectivity index (χ1v) is 12.6. The lowest BCUT2D eigenvalue weighted by Crippen LogP contribution is -2.24. The van der Waals surface area contributed by atoms with Crippen LogP contribution in [-0.4, -0.2) is 39.5 Å². The van der Waals surface area contributed by atoms with E-state index in [4.69, 9.17) is 10.7 Å². The fraction of sp³-hybridized carbons (Fsp3) is 0.348. The van der Waals surface area contributed by atoms with Crippen molar-refractivity contribution in [1.82, 2.24) is 19.6 Å². The summed E-state index contributed by atoms with van der Waals surface area (Å²) in [5.74, 6) is 1.04. The minimum absolute atomic E-state index is 0.0630. The van der Waals surface area contributed by atoms with Crippen LogP contribution < -0.4 is 5.73 Å². The van der Waals surface area contributed by atoms with Gasteiger partial charge in [0.1, 0.15) is 21.5 Å². The molecule has 164 valence electrons. The molecule has 1 aromatic carbocycles. The summed E-state index contributed by atoms with van der Waals surface area (Å²) in [7, 11) is -2.97. The quantitative estimate of drug-likeness (QED) is 0.508. The van der Waals surface area contributed by atoms with Crippen LogP contribution in [0.15, 0.2) is 36.7 Å². The van der Waals surface area contributed by atoms with Crippen LogP contribution >= 0.6 is 0 Å². The number of anilines is 1. The van der Waals surface area contributed by atoms with Crippen molar-refractivity contribution >= 4 is 32.2 Å². The second-order valence-electron chi connectivity index (χ2n) is 8.85. The Bertz CT molecular complexity index is 1480. The number of nitrogens with zero attached hydrogens (tertiary/aromatic N) is 4. The third-order valence-electron chi connectivity index (χ3n) is 6.63. The maximum absolute atomic E-state index is 13.7. The van der Waals surface area contributed by atoms with Crippen molar-refractivity contribution in [2.75, 3.05) is 17.2 Å². The Hall–Kier alpha value is -3.07. The summed E-state index contributed by atoms with van der Waals surface area (Å²) >= 11 is 0. The van der Waals surface area contributed by atoms with E-state index in [2.05, 4.69) is 10.1 Å². The first kappa shape index (κ1) is 19.6. The number of halogens is 1. The number of nitrogens with two attached hydrogens (primary N) is 1. The van der Waals surface area contributed by atoms with Crippen molar-refractivity contribution in [2.45, 2.75) is 37.5 Å². The lowest BCUT2D eigenvalue weighted by atomic mass is 9.92. The van der Waals surface area contributed by atoms with Crippen LogP contribution in [-0.2, 0) is 9.84 Å². The van der Waals surface area contributed by atoms with Gasteiger partial charge in [-0.25, -0.2) is 17.8 Å². The molecule has 4 heterocycles. The Labute approximate surface area is 184 Å². The van der Waals surface area contributed by atoms with Crippen molar-refractivity contribution in [1.29, 1.82) is 0 Å². The van der Waals surface area contributed by atoms with E-state index in [1.54, 1.807) is 23.0 Å². The highest BCUT2D eigenvalue weighted by molar-refractivity contribution is 7.91. The number of fused-ring (bicyclic) bond motifs is 2. The molecule has 1 aliphatic carbocycles. The third-order valence-corrected chi connectivity index (χ3v) is 8.35. The van der Waals surface area contributed by atoms with Crippen LogP contribution in [0.25, 0.3) is 27.7 Å². The van der Waals surface area contributed by atoms with Crippen LogP contribution in [0.2, 0.25) is 0 Å². The zero-order valence-electron chi connectivity index (χ0n) is 17.3. The van der Waals surface area contributed by atoms with Gasteiger partial charge in [-0.3, -0.25) is 4.98 Å². The summed E-state index contributed by atoms with van der Waals surface area (Å²) < 4.78 is 39.4. The highest BCUT2D eigenvalue weighted by Crippen LogP contribution is 2.47. The van der Waals surface area contributed by atoms with Crippen LogP contribution in [0.4, 0.5) is 10.2 Å². The topological polar surface area (TPSA) is 103 Å². The van der Waals surface area contributed by atoms with Gasteiger partial charge in [0.15, 0.2) is 5.65 Å². The van der Waals surface area contributed by atoms with E-state index < -0.39 is 9.84 Å². The van der Waals surface area contributed by atoms with E-state index in [0.717, 1.165) is 35.2 Å². The monoisotopic (exact) mass is 451 g/mol. The van der Waals surface area contributed by atoms with E-state index in [0.29, 0.717) is 41.1 Å². The van der Waals surface area contributed by atoms with Gasteiger partial charge in [0.25, 0.3) is 0 Å². The van der Waals surface area contributed by atoms with Gasteiger partial charge in [-0.1, -0.05) is 0 Å². The average Bonchev–Trinajstić information content (AvgIpc) is 3.51. The molecule has 1 saturated heterocycles. The average molecular weight is 452 g/mol. The SMILES string of the molecule is Nc1c(C2CC2)c(C2CCS(=O)(=O)CC2)nc2c(-c3cnc4ccc(F)cc4c3)cnn12. The molecule has 4 aromatic rings. The van der Waals surface area contributed by atoms with Crippen molar-refractivity contribution in [3.05, 3.63) is 53.7 Å². The molecule has 2 N–H and O–H groups in total. The Morgan fingerprint density at radius 1 is 1.03 bits per heavy atom. The minimum Gasteiger partial charge on any atom is -0.383 e. The molecule has 7 nitrogen and oxygen atoms in total. The van der Waals surface area contributed by atoms with E-state index in [9.17, 15) is 12.8 Å². The maximum Gasteiger partial charge on any atom is 0.165 e. The smallest absolute Gasteiger partial charge is 0.165 e. The first-order valence-electron chi connectivity index (χ1n) is 10.8. The largest absolute Gasteiger partial charge is 0.383 e. The fourth-order valence-corrected chi connectivity index (χ4v) is 6.26. The number of hydrogen-bond donors (Lipinski definition) is 1. The lowest BCUT2D eigenvalue weighted by molar-refractivity contribution is 0.542. The van der Waals surface area contributed by atoms with Crippen LogP contribution in [0, 0.1) is 5.82 Å². The van der Waals surface area contributed by atoms with Crippen molar-refractivity contribution < 1.29 is 12.8 Å². The van der Waals surface area contributed by atoms with Crippen LogP contribution in [0.3, 0.4) is 0 Å². The van der Waals surface area contributed by atoms with E-state index >= 15 is 0 Å². The highest BCUT2D eigenvalue weighted by atomic mass is 32.2. The number of sulfone groups is 1. The van der Waals surface area contributed by atoms with Crippen molar-refractivity contribution in [3.8, 4) is 11.1 Å². The van der Waals surface area contributed by atoms with E-state index in [-0.39, 0.29) is 23.2 Å². The highest BCUT2D eigenvalue weighted by Gasteiger charge is 2.35. The number of benzene rings is 1. The predicted molar refractivity (Wildman–Crippen MR) is 121 cm³/mol. The molecule has 0 unspecified atom stereocenters. The second-order valence-corrected chi connectivity index (χ2v) is 11.2. The summed E-state index contributed by atoms with van der Waals surface area (Å²) in [4.78, 5) is 9.49. The molecule has 0 spiro atoms. The summed E-state index contributed by atoms with van der Waals surface area (Å²) in [6.45, 7) is 0. The Morgan fingerprint density at radius 3 is 2.56 bits per heavy atom. The molecule has 0 amide bonds. The summed E-state index contributed by atoms with van der Waals surface area (Å²) in [5, 5.41) is 5.20. The molecule has 2 aliphatic rings. The zero-order chi connectivity index (χ0) is 22.0. The van der Waals surface area contributed by atoms with Crippen LogP contribution in [0.1, 0.15) is 48.8 Å². The van der Waals surface area contributed by atoms with Gasteiger partial charge in [-0.05, 0) is 55.9 Å². The van der Waals surface area contributed by atoms with E-state index in [1.165, 1.54) is 12.1 Å². The normalized spacial score (nSPS) is 19.0. The molecule has 0 atom stereocenters. The second kappa shape index (κ2) is 6.96. The van der Waals surface area contributed by atoms with Crippen molar-refractivity contribution in [3.63, 3.8) is 0 Å². The molecular formula is C23H22FN5O2S. The van der Waals surface area contributed by atoms with E-state index in [1.807, 2.05) is 6.07 Å². The van der Waals surface area contributed by atoms with Gasteiger partial charge in [-0.15, -0.1) is 0 Å².